The van der Waals surface area contributed by atoms with Crippen LogP contribution in [0.5, 0.6) is 0 Å². The van der Waals surface area contributed by atoms with Gasteiger partial charge in [-0.3, -0.25) is 9.69 Å². The van der Waals surface area contributed by atoms with Gasteiger partial charge in [0.05, 0.1) is 11.2 Å². The lowest BCUT2D eigenvalue weighted by Crippen LogP contribution is -2.42. The summed E-state index contributed by atoms with van der Waals surface area (Å²) in [6, 6.07) is 4.42. The Kier molecular flexibility index (Phi) is 4.83. The molecule has 0 aliphatic carbocycles. The zero-order valence-corrected chi connectivity index (χ0v) is 15.4. The molecule has 2 aliphatic rings. The third kappa shape index (κ3) is 3.28. The van der Waals surface area contributed by atoms with Gasteiger partial charge in [0, 0.05) is 49.2 Å². The molecule has 0 unspecified atom stereocenters. The van der Waals surface area contributed by atoms with Gasteiger partial charge in [0.15, 0.2) is 0 Å². The second kappa shape index (κ2) is 6.50. The van der Waals surface area contributed by atoms with E-state index in [1.807, 2.05) is 4.90 Å². The average Bonchev–Trinajstić information content (AvgIpc) is 3.05. The van der Waals surface area contributed by atoms with Crippen LogP contribution in [0, 0.1) is 17.2 Å². The zero-order chi connectivity index (χ0) is 18.4. The lowest BCUT2D eigenvalue weighted by Gasteiger charge is -2.25. The molecule has 1 N–H and O–H groups in total. The van der Waals surface area contributed by atoms with Crippen molar-refractivity contribution in [1.29, 1.82) is 0 Å². The van der Waals surface area contributed by atoms with Gasteiger partial charge in [0.2, 0.25) is 10.0 Å². The number of nitrogens with zero attached hydrogens (tertiary/aromatic N) is 2. The standard InChI is InChI=1S/C16H20ClFN2O4S/c1-2-25(23,24)20-8-12-7-19(9-16(12,10-20)15(21)22)6-11-3-4-13(17)5-14(11)18/h3-5,12H,2,6-10H2,1H3,(H,21,22)/t12-,16-/m1/s1. The number of carboxylic acid groups (broad SMARTS) is 1. The Morgan fingerprint density at radius 2 is 2.12 bits per heavy atom. The summed E-state index contributed by atoms with van der Waals surface area (Å²) in [4.78, 5) is 13.8. The van der Waals surface area contributed by atoms with Gasteiger partial charge in [-0.2, -0.15) is 0 Å². The molecule has 0 saturated carbocycles. The van der Waals surface area contributed by atoms with Gasteiger partial charge in [-0.15, -0.1) is 0 Å². The van der Waals surface area contributed by atoms with Crippen LogP contribution in [0.15, 0.2) is 18.2 Å². The first-order valence-corrected chi connectivity index (χ1v) is 10.0. The number of hydrogen-bond donors (Lipinski definition) is 1. The highest BCUT2D eigenvalue weighted by atomic mass is 35.5. The van der Waals surface area contributed by atoms with Crippen molar-refractivity contribution in [3.8, 4) is 0 Å². The fraction of sp³-hybridized carbons (Fsp3) is 0.562. The molecule has 2 saturated heterocycles. The zero-order valence-electron chi connectivity index (χ0n) is 13.8. The van der Waals surface area contributed by atoms with Crippen molar-refractivity contribution in [2.75, 3.05) is 31.9 Å². The highest BCUT2D eigenvalue weighted by molar-refractivity contribution is 7.89. The minimum Gasteiger partial charge on any atom is -0.481 e. The second-order valence-electron chi connectivity index (χ2n) is 6.76. The minimum atomic E-state index is -3.42. The minimum absolute atomic E-state index is 0.0250. The molecule has 2 atom stereocenters. The summed E-state index contributed by atoms with van der Waals surface area (Å²) in [6.07, 6.45) is 0. The summed E-state index contributed by atoms with van der Waals surface area (Å²) < 4.78 is 39.5. The lowest BCUT2D eigenvalue weighted by molar-refractivity contribution is -0.148. The van der Waals surface area contributed by atoms with E-state index in [1.165, 1.54) is 10.4 Å². The largest absolute Gasteiger partial charge is 0.481 e. The molecule has 9 heteroatoms. The van der Waals surface area contributed by atoms with Crippen LogP contribution < -0.4 is 0 Å². The number of carboxylic acids is 1. The maximum atomic E-state index is 14.0. The molecule has 0 amide bonds. The number of halogens is 2. The Balaban J connectivity index is 1.79. The monoisotopic (exact) mass is 390 g/mol. The number of sulfonamides is 1. The van der Waals surface area contributed by atoms with Crippen molar-refractivity contribution in [2.45, 2.75) is 13.5 Å². The van der Waals surface area contributed by atoms with E-state index >= 15 is 0 Å². The smallest absolute Gasteiger partial charge is 0.312 e. The molecule has 2 aliphatic heterocycles. The van der Waals surface area contributed by atoms with E-state index in [0.717, 1.165) is 0 Å². The number of benzene rings is 1. The van der Waals surface area contributed by atoms with Crippen LogP contribution in [0.25, 0.3) is 0 Å². The van der Waals surface area contributed by atoms with Crippen molar-refractivity contribution in [1.82, 2.24) is 9.21 Å². The van der Waals surface area contributed by atoms with E-state index in [1.54, 1.807) is 19.1 Å². The van der Waals surface area contributed by atoms with Crippen LogP contribution in [-0.4, -0.2) is 60.6 Å². The van der Waals surface area contributed by atoms with E-state index in [-0.39, 0.29) is 37.8 Å². The number of carbonyl (C=O) groups is 1. The Morgan fingerprint density at radius 1 is 1.40 bits per heavy atom. The molecule has 0 aromatic heterocycles. The topological polar surface area (TPSA) is 77.9 Å². The summed E-state index contributed by atoms with van der Waals surface area (Å²) in [5.74, 6) is -1.77. The highest BCUT2D eigenvalue weighted by Crippen LogP contribution is 2.44. The molecule has 0 bridgehead atoms. The van der Waals surface area contributed by atoms with Crippen molar-refractivity contribution >= 4 is 27.6 Å². The van der Waals surface area contributed by atoms with Gasteiger partial charge >= 0.3 is 5.97 Å². The normalized spacial score (nSPS) is 27.6. The van der Waals surface area contributed by atoms with Crippen molar-refractivity contribution < 1.29 is 22.7 Å². The van der Waals surface area contributed by atoms with Gasteiger partial charge in [-0.25, -0.2) is 17.1 Å². The fourth-order valence-corrected chi connectivity index (χ4v) is 5.19. The highest BCUT2D eigenvalue weighted by Gasteiger charge is 2.59. The maximum absolute atomic E-state index is 14.0. The first kappa shape index (κ1) is 18.6. The van der Waals surface area contributed by atoms with Gasteiger partial charge in [0.1, 0.15) is 5.82 Å². The molecule has 0 radical (unpaired) electrons. The van der Waals surface area contributed by atoms with Crippen LogP contribution in [0.1, 0.15) is 12.5 Å². The van der Waals surface area contributed by atoms with E-state index in [0.29, 0.717) is 17.1 Å². The summed E-state index contributed by atoms with van der Waals surface area (Å²) in [7, 11) is -3.42. The third-order valence-electron chi connectivity index (χ3n) is 5.24. The summed E-state index contributed by atoms with van der Waals surface area (Å²) in [6.45, 7) is 2.61. The number of likely N-dealkylation sites (tertiary alicyclic amines) is 1. The number of aliphatic carboxylic acids is 1. The number of fused-ring (bicyclic) bond motifs is 1. The molecule has 138 valence electrons. The summed E-state index contributed by atoms with van der Waals surface area (Å²) in [5, 5.41) is 10.1. The van der Waals surface area contributed by atoms with Crippen molar-refractivity contribution in [3.63, 3.8) is 0 Å². The van der Waals surface area contributed by atoms with Crippen LogP contribution in [0.4, 0.5) is 4.39 Å². The van der Waals surface area contributed by atoms with Crippen LogP contribution >= 0.6 is 11.6 Å². The molecule has 2 fully saturated rings. The molecular weight excluding hydrogens is 371 g/mol. The Hall–Kier alpha value is -1.22. The summed E-state index contributed by atoms with van der Waals surface area (Å²) >= 11 is 5.75. The van der Waals surface area contributed by atoms with E-state index in [2.05, 4.69) is 0 Å². The average molecular weight is 391 g/mol. The van der Waals surface area contributed by atoms with Crippen LogP contribution in [-0.2, 0) is 21.4 Å². The van der Waals surface area contributed by atoms with E-state index in [9.17, 15) is 22.7 Å². The molecule has 1 aromatic rings. The molecule has 6 nitrogen and oxygen atoms in total. The van der Waals surface area contributed by atoms with Gasteiger partial charge < -0.3 is 5.11 Å². The fourth-order valence-electron chi connectivity index (χ4n) is 3.83. The molecule has 1 aromatic carbocycles. The lowest BCUT2D eigenvalue weighted by atomic mass is 9.81. The van der Waals surface area contributed by atoms with Crippen LogP contribution in [0.3, 0.4) is 0 Å². The van der Waals surface area contributed by atoms with Gasteiger partial charge in [-0.1, -0.05) is 17.7 Å². The third-order valence-corrected chi connectivity index (χ3v) is 7.27. The van der Waals surface area contributed by atoms with Crippen LogP contribution in [0.2, 0.25) is 5.02 Å². The SMILES string of the molecule is CCS(=O)(=O)N1C[C@H]2CN(Cc3ccc(Cl)cc3F)C[C@@]2(C(=O)O)C1. The van der Waals surface area contributed by atoms with Crippen molar-refractivity contribution in [2.24, 2.45) is 11.3 Å². The second-order valence-corrected chi connectivity index (χ2v) is 9.45. The van der Waals surface area contributed by atoms with Gasteiger partial charge in [0.25, 0.3) is 0 Å². The van der Waals surface area contributed by atoms with Crippen molar-refractivity contribution in [3.05, 3.63) is 34.6 Å². The summed E-state index contributed by atoms with van der Waals surface area (Å²) in [5.41, 5.74) is -0.687. The first-order chi connectivity index (χ1) is 11.7. The molecule has 2 heterocycles. The Bertz CT molecular complexity index is 803. The Labute approximate surface area is 151 Å². The molecule has 0 spiro atoms. The first-order valence-electron chi connectivity index (χ1n) is 8.05. The maximum Gasteiger partial charge on any atom is 0.312 e. The predicted molar refractivity (Wildman–Crippen MR) is 91.3 cm³/mol. The number of hydrogen-bond acceptors (Lipinski definition) is 4. The molecular formula is C16H20ClFN2O4S. The predicted octanol–water partition coefficient (Wildman–Crippen LogP) is 1.65. The molecule has 3 rings (SSSR count). The molecule has 25 heavy (non-hydrogen) atoms. The number of rotatable bonds is 5. The van der Waals surface area contributed by atoms with E-state index in [4.69, 9.17) is 11.6 Å². The van der Waals surface area contributed by atoms with Gasteiger partial charge in [-0.05, 0) is 19.1 Å². The quantitative estimate of drug-likeness (QED) is 0.827. The Morgan fingerprint density at radius 3 is 2.68 bits per heavy atom. The van der Waals surface area contributed by atoms with E-state index < -0.39 is 27.2 Å².